The van der Waals surface area contributed by atoms with Gasteiger partial charge in [-0.25, -0.2) is 4.98 Å². The van der Waals surface area contributed by atoms with Crippen molar-refractivity contribution in [3.05, 3.63) is 22.3 Å². The molecule has 0 spiro atoms. The number of hydrogen-bond donors (Lipinski definition) is 1. The van der Waals surface area contributed by atoms with Crippen LogP contribution in [0.5, 0.6) is 0 Å². The molecule has 1 rings (SSSR count). The van der Waals surface area contributed by atoms with Gasteiger partial charge in [-0.15, -0.1) is 11.6 Å². The van der Waals surface area contributed by atoms with Crippen LogP contribution in [-0.2, 0) is 0 Å². The molecule has 1 aromatic heterocycles. The first-order chi connectivity index (χ1) is 6.24. The van der Waals surface area contributed by atoms with Crippen molar-refractivity contribution in [1.29, 1.82) is 0 Å². The number of alkyl halides is 1. The number of hydrogen-bond acceptors (Lipinski definition) is 2. The molecule has 0 amide bonds. The number of nitrogens with zero attached hydrogens (tertiary/aromatic N) is 1. The Labute approximate surface area is 91.8 Å². The van der Waals surface area contributed by atoms with Crippen LogP contribution >= 0.6 is 27.5 Å². The predicted octanol–water partition coefficient (Wildman–Crippen LogP) is 3.19. The Kier molecular flexibility index (Phi) is 4.53. The first-order valence-electron chi connectivity index (χ1n) is 4.16. The molecule has 72 valence electrons. The zero-order valence-electron chi connectivity index (χ0n) is 7.48. The number of pyridine rings is 1. The van der Waals surface area contributed by atoms with Gasteiger partial charge >= 0.3 is 0 Å². The maximum Gasteiger partial charge on any atom is 0.128 e. The van der Waals surface area contributed by atoms with Crippen LogP contribution in [0.2, 0.25) is 0 Å². The molecule has 1 aromatic rings. The Morgan fingerprint density at radius 2 is 2.38 bits per heavy atom. The summed E-state index contributed by atoms with van der Waals surface area (Å²) in [6.07, 6.45) is 2.74. The molecule has 4 heteroatoms. The van der Waals surface area contributed by atoms with Gasteiger partial charge in [-0.05, 0) is 40.9 Å². The molecule has 0 saturated carbocycles. The van der Waals surface area contributed by atoms with Crippen molar-refractivity contribution in [2.45, 2.75) is 13.3 Å². The van der Waals surface area contributed by atoms with Gasteiger partial charge in [0.2, 0.25) is 0 Å². The summed E-state index contributed by atoms with van der Waals surface area (Å²) in [5.74, 6) is 1.62. The van der Waals surface area contributed by atoms with E-state index in [0.29, 0.717) is 5.88 Å². The molecule has 0 aliphatic heterocycles. The zero-order valence-corrected chi connectivity index (χ0v) is 9.82. The molecule has 1 N–H and O–H groups in total. The molecule has 0 bridgehead atoms. The van der Waals surface area contributed by atoms with E-state index in [1.807, 2.05) is 13.0 Å². The molecular formula is C9H12BrClN2. The highest BCUT2D eigenvalue weighted by atomic mass is 79.9. The van der Waals surface area contributed by atoms with Gasteiger partial charge in [-0.3, -0.25) is 0 Å². The highest BCUT2D eigenvalue weighted by molar-refractivity contribution is 9.10. The fourth-order valence-corrected chi connectivity index (χ4v) is 1.58. The van der Waals surface area contributed by atoms with Crippen LogP contribution in [0.4, 0.5) is 5.82 Å². The van der Waals surface area contributed by atoms with E-state index >= 15 is 0 Å². The number of halogens is 2. The van der Waals surface area contributed by atoms with Crippen LogP contribution in [0, 0.1) is 6.92 Å². The summed E-state index contributed by atoms with van der Waals surface area (Å²) in [6, 6.07) is 2.04. The SMILES string of the molecule is Cc1cc(Br)cnc1NCCCCl. The zero-order chi connectivity index (χ0) is 9.68. The minimum absolute atomic E-state index is 0.683. The fraction of sp³-hybridized carbons (Fsp3) is 0.444. The predicted molar refractivity (Wildman–Crippen MR) is 60.5 cm³/mol. The second kappa shape index (κ2) is 5.45. The average molecular weight is 264 g/mol. The van der Waals surface area contributed by atoms with Crippen LogP contribution in [-0.4, -0.2) is 17.4 Å². The monoisotopic (exact) mass is 262 g/mol. The second-order valence-electron chi connectivity index (χ2n) is 2.79. The first-order valence-corrected chi connectivity index (χ1v) is 5.49. The van der Waals surface area contributed by atoms with Crippen molar-refractivity contribution in [1.82, 2.24) is 4.98 Å². The van der Waals surface area contributed by atoms with Gasteiger partial charge in [0.15, 0.2) is 0 Å². The maximum absolute atomic E-state index is 5.56. The van der Waals surface area contributed by atoms with Gasteiger partial charge in [0.05, 0.1) is 0 Å². The summed E-state index contributed by atoms with van der Waals surface area (Å²) >= 11 is 8.93. The van der Waals surface area contributed by atoms with Gasteiger partial charge in [-0.2, -0.15) is 0 Å². The molecule has 0 fully saturated rings. The van der Waals surface area contributed by atoms with Gasteiger partial charge in [0.1, 0.15) is 5.82 Å². The van der Waals surface area contributed by atoms with Gasteiger partial charge in [-0.1, -0.05) is 0 Å². The molecule has 0 aliphatic rings. The first kappa shape index (κ1) is 10.8. The molecule has 0 aromatic carbocycles. The summed E-state index contributed by atoms with van der Waals surface area (Å²) in [4.78, 5) is 4.25. The van der Waals surface area contributed by atoms with Crippen LogP contribution in [0.3, 0.4) is 0 Å². The van der Waals surface area contributed by atoms with Gasteiger partial charge in [0.25, 0.3) is 0 Å². The Bertz CT molecular complexity index is 278. The van der Waals surface area contributed by atoms with E-state index in [9.17, 15) is 0 Å². The normalized spacial score (nSPS) is 10.1. The van der Waals surface area contributed by atoms with Crippen LogP contribution in [0.25, 0.3) is 0 Å². The lowest BCUT2D eigenvalue weighted by molar-refractivity contribution is 0.972. The minimum atomic E-state index is 0.683. The van der Waals surface area contributed by atoms with E-state index in [2.05, 4.69) is 26.2 Å². The van der Waals surface area contributed by atoms with Crippen LogP contribution in [0.1, 0.15) is 12.0 Å². The van der Waals surface area contributed by atoms with Crippen molar-refractivity contribution in [3.8, 4) is 0 Å². The molecule has 0 radical (unpaired) electrons. The largest absolute Gasteiger partial charge is 0.370 e. The topological polar surface area (TPSA) is 24.9 Å². The molecule has 13 heavy (non-hydrogen) atoms. The molecule has 0 atom stereocenters. The Morgan fingerprint density at radius 1 is 1.62 bits per heavy atom. The maximum atomic E-state index is 5.56. The fourth-order valence-electron chi connectivity index (χ4n) is 0.999. The Morgan fingerprint density at radius 3 is 3.00 bits per heavy atom. The van der Waals surface area contributed by atoms with Gasteiger partial charge in [0, 0.05) is 23.1 Å². The van der Waals surface area contributed by atoms with Crippen LogP contribution < -0.4 is 5.32 Å². The third kappa shape index (κ3) is 3.53. The summed E-state index contributed by atoms with van der Waals surface area (Å²) in [6.45, 7) is 2.90. The summed E-state index contributed by atoms with van der Waals surface area (Å²) < 4.78 is 1.01. The quantitative estimate of drug-likeness (QED) is 0.666. The van der Waals surface area contributed by atoms with E-state index in [1.54, 1.807) is 6.20 Å². The van der Waals surface area contributed by atoms with E-state index in [-0.39, 0.29) is 0 Å². The molecule has 1 heterocycles. The summed E-state index contributed by atoms with van der Waals surface area (Å²) in [7, 11) is 0. The molecule has 0 unspecified atom stereocenters. The highest BCUT2D eigenvalue weighted by Gasteiger charge is 1.98. The van der Waals surface area contributed by atoms with E-state index in [1.165, 1.54) is 0 Å². The van der Waals surface area contributed by atoms with E-state index in [0.717, 1.165) is 28.8 Å². The number of anilines is 1. The Hall–Kier alpha value is -0.280. The highest BCUT2D eigenvalue weighted by Crippen LogP contribution is 2.16. The van der Waals surface area contributed by atoms with Crippen LogP contribution in [0.15, 0.2) is 16.7 Å². The number of rotatable bonds is 4. The molecule has 0 saturated heterocycles. The lowest BCUT2D eigenvalue weighted by atomic mass is 10.3. The van der Waals surface area contributed by atoms with Crippen molar-refractivity contribution >= 4 is 33.3 Å². The van der Waals surface area contributed by atoms with Crippen molar-refractivity contribution < 1.29 is 0 Å². The van der Waals surface area contributed by atoms with Gasteiger partial charge < -0.3 is 5.32 Å². The Balaban J connectivity index is 2.56. The van der Waals surface area contributed by atoms with Crippen molar-refractivity contribution in [2.75, 3.05) is 17.7 Å². The van der Waals surface area contributed by atoms with Crippen molar-refractivity contribution in [3.63, 3.8) is 0 Å². The lowest BCUT2D eigenvalue weighted by Gasteiger charge is -2.07. The van der Waals surface area contributed by atoms with E-state index in [4.69, 9.17) is 11.6 Å². The number of aryl methyl sites for hydroxylation is 1. The third-order valence-electron chi connectivity index (χ3n) is 1.65. The number of nitrogens with one attached hydrogen (secondary N) is 1. The number of aromatic nitrogens is 1. The summed E-state index contributed by atoms with van der Waals surface area (Å²) in [5, 5.41) is 3.22. The second-order valence-corrected chi connectivity index (χ2v) is 4.08. The summed E-state index contributed by atoms with van der Waals surface area (Å²) in [5.41, 5.74) is 1.14. The molecular weight excluding hydrogens is 251 g/mol. The van der Waals surface area contributed by atoms with Crippen molar-refractivity contribution in [2.24, 2.45) is 0 Å². The minimum Gasteiger partial charge on any atom is -0.370 e. The molecule has 0 aliphatic carbocycles. The standard InChI is InChI=1S/C9H12BrClN2/c1-7-5-8(10)6-13-9(7)12-4-2-3-11/h5-6H,2-4H2,1H3,(H,12,13). The smallest absolute Gasteiger partial charge is 0.128 e. The van der Waals surface area contributed by atoms with E-state index < -0.39 is 0 Å². The lowest BCUT2D eigenvalue weighted by Crippen LogP contribution is -2.05. The molecule has 2 nitrogen and oxygen atoms in total. The average Bonchev–Trinajstić information content (AvgIpc) is 2.09. The third-order valence-corrected chi connectivity index (χ3v) is 2.35.